The third-order valence-corrected chi connectivity index (χ3v) is 9.03. The van der Waals surface area contributed by atoms with Crippen molar-refractivity contribution in [3.05, 3.63) is 34.9 Å². The Morgan fingerprint density at radius 2 is 1.59 bits per heavy atom. The number of barbiturate groups is 2. The smallest absolute Gasteiger partial charge is 0.332 e. The maximum absolute atomic E-state index is 13.6. The molecule has 1 aromatic rings. The lowest BCUT2D eigenvalue weighted by Gasteiger charge is -2.50. The number of imide groups is 4. The minimum atomic E-state index is -1.44. The van der Waals surface area contributed by atoms with Gasteiger partial charge in [0.2, 0.25) is 11.8 Å². The van der Waals surface area contributed by atoms with E-state index < -0.39 is 41.1 Å². The van der Waals surface area contributed by atoms with Crippen LogP contribution in [-0.2, 0) is 25.6 Å². The van der Waals surface area contributed by atoms with E-state index in [4.69, 9.17) is 0 Å². The van der Waals surface area contributed by atoms with Gasteiger partial charge in [-0.2, -0.15) is 0 Å². The Bertz CT molecular complexity index is 1340. The summed E-state index contributed by atoms with van der Waals surface area (Å²) in [5, 5.41) is 2.31. The number of benzene rings is 1. The highest BCUT2D eigenvalue weighted by atomic mass is 16.2. The Morgan fingerprint density at radius 1 is 0.897 bits per heavy atom. The molecule has 0 radical (unpaired) electrons. The largest absolute Gasteiger partial charge is 0.367 e. The van der Waals surface area contributed by atoms with Crippen molar-refractivity contribution in [2.45, 2.75) is 63.5 Å². The van der Waals surface area contributed by atoms with Crippen LogP contribution in [0.3, 0.4) is 0 Å². The van der Waals surface area contributed by atoms with E-state index in [-0.39, 0.29) is 24.1 Å². The molecule has 0 aromatic heterocycles. The van der Waals surface area contributed by atoms with Crippen LogP contribution < -0.4 is 10.2 Å². The zero-order valence-corrected chi connectivity index (χ0v) is 22.1. The predicted molar refractivity (Wildman–Crippen MR) is 139 cm³/mol. The van der Waals surface area contributed by atoms with E-state index in [1.807, 2.05) is 6.07 Å². The number of carbonyl (C=O) groups is 6. The molecular weight excluding hydrogens is 502 g/mol. The van der Waals surface area contributed by atoms with Gasteiger partial charge in [0.25, 0.3) is 11.8 Å². The van der Waals surface area contributed by atoms with Crippen LogP contribution in [0.2, 0.25) is 0 Å². The predicted octanol–water partition coefficient (Wildman–Crippen LogP) is 2.04. The van der Waals surface area contributed by atoms with Crippen LogP contribution in [0.25, 0.3) is 6.08 Å². The monoisotopic (exact) mass is 533 g/mol. The van der Waals surface area contributed by atoms with Crippen molar-refractivity contribution in [2.24, 2.45) is 5.41 Å². The van der Waals surface area contributed by atoms with Gasteiger partial charge in [0, 0.05) is 32.4 Å². The van der Waals surface area contributed by atoms with Crippen LogP contribution in [-0.4, -0.2) is 83.1 Å². The van der Waals surface area contributed by atoms with Crippen molar-refractivity contribution in [2.75, 3.05) is 25.5 Å². The Kier molecular flexibility index (Phi) is 5.85. The fourth-order valence-electron chi connectivity index (χ4n) is 7.14. The minimum Gasteiger partial charge on any atom is -0.367 e. The Morgan fingerprint density at radius 3 is 2.28 bits per heavy atom. The molecule has 1 atom stereocenters. The number of rotatable bonds is 2. The zero-order valence-electron chi connectivity index (χ0n) is 22.1. The number of anilines is 1. The van der Waals surface area contributed by atoms with Crippen molar-refractivity contribution >= 4 is 47.5 Å². The standard InChI is InChI=1S/C28H31N5O6/c1-30-24(36)28(25(37)31(2)27(30)39)15-17-13-16(10-11-20(17)32-12-6-9-21(28)32)14-19-22(34)29-26(38)33(23(19)35)18-7-4-3-5-8-18/h10-11,13-14,18,21H,3-9,12,15H2,1-2H3,(H,29,34,38)/b19-14+. The quantitative estimate of drug-likeness (QED) is 0.350. The molecule has 4 aliphatic heterocycles. The van der Waals surface area contributed by atoms with E-state index in [2.05, 4.69) is 10.2 Å². The maximum Gasteiger partial charge on any atom is 0.332 e. The average Bonchev–Trinajstić information content (AvgIpc) is 3.43. The molecule has 1 saturated carbocycles. The van der Waals surface area contributed by atoms with E-state index in [1.165, 1.54) is 25.1 Å². The van der Waals surface area contributed by atoms with Crippen LogP contribution >= 0.6 is 0 Å². The van der Waals surface area contributed by atoms with Crippen molar-refractivity contribution in [3.63, 3.8) is 0 Å². The SMILES string of the molecule is CN1C(=O)N(C)C(=O)C2(Cc3cc(/C=C4\C(=O)NC(=O)N(C5CCCCC5)C4=O)ccc3N3CCCC32)C1=O. The molecule has 5 aliphatic rings. The molecule has 4 fully saturated rings. The number of hydrogen-bond acceptors (Lipinski definition) is 7. The van der Waals surface area contributed by atoms with Gasteiger partial charge in [0.05, 0.1) is 6.04 Å². The third kappa shape index (κ3) is 3.62. The molecule has 204 valence electrons. The average molecular weight is 534 g/mol. The molecule has 1 aliphatic carbocycles. The lowest BCUT2D eigenvalue weighted by molar-refractivity contribution is -0.159. The molecule has 8 amide bonds. The molecule has 1 spiro atoms. The first-order chi connectivity index (χ1) is 18.6. The van der Waals surface area contributed by atoms with Crippen molar-refractivity contribution in [1.29, 1.82) is 0 Å². The number of nitrogens with zero attached hydrogens (tertiary/aromatic N) is 4. The second kappa shape index (κ2) is 9.03. The highest BCUT2D eigenvalue weighted by Crippen LogP contribution is 2.49. The summed E-state index contributed by atoms with van der Waals surface area (Å²) in [5.74, 6) is -2.37. The van der Waals surface area contributed by atoms with Gasteiger partial charge in [0.1, 0.15) is 5.57 Å². The lowest BCUT2D eigenvalue weighted by atomic mass is 9.68. The number of nitrogens with one attached hydrogen (secondary N) is 1. The Labute approximate surface area is 225 Å². The number of carbonyl (C=O) groups excluding carboxylic acids is 6. The van der Waals surface area contributed by atoms with Crippen LogP contribution in [0.15, 0.2) is 23.8 Å². The van der Waals surface area contributed by atoms with Crippen molar-refractivity contribution < 1.29 is 28.8 Å². The maximum atomic E-state index is 13.6. The number of fused-ring (bicyclic) bond motifs is 4. The number of urea groups is 2. The van der Waals surface area contributed by atoms with Gasteiger partial charge in [-0.15, -0.1) is 0 Å². The molecule has 3 saturated heterocycles. The topological polar surface area (TPSA) is 127 Å². The first-order valence-electron chi connectivity index (χ1n) is 13.6. The van der Waals surface area contributed by atoms with Gasteiger partial charge in [-0.05, 0) is 61.4 Å². The van der Waals surface area contributed by atoms with Gasteiger partial charge in [-0.1, -0.05) is 25.3 Å². The van der Waals surface area contributed by atoms with E-state index in [9.17, 15) is 28.8 Å². The molecule has 1 unspecified atom stereocenters. The summed E-state index contributed by atoms with van der Waals surface area (Å²) >= 11 is 0. The van der Waals surface area contributed by atoms with Crippen molar-refractivity contribution in [1.82, 2.24) is 20.0 Å². The fourth-order valence-corrected chi connectivity index (χ4v) is 7.14. The molecular formula is C28H31N5O6. The van der Waals surface area contributed by atoms with E-state index in [1.54, 1.807) is 12.1 Å². The van der Waals surface area contributed by atoms with Gasteiger partial charge >= 0.3 is 12.1 Å². The van der Waals surface area contributed by atoms with Crippen LogP contribution in [0.1, 0.15) is 56.1 Å². The normalized spacial score (nSPS) is 26.5. The number of amides is 8. The molecule has 0 bridgehead atoms. The van der Waals surface area contributed by atoms with Gasteiger partial charge in [-0.3, -0.25) is 39.2 Å². The molecule has 1 aromatic carbocycles. The fraction of sp³-hybridized carbons (Fsp3) is 0.500. The molecule has 4 heterocycles. The third-order valence-electron chi connectivity index (χ3n) is 9.03. The summed E-state index contributed by atoms with van der Waals surface area (Å²) in [5.41, 5.74) is 0.608. The van der Waals surface area contributed by atoms with E-state index >= 15 is 0 Å². The first-order valence-corrected chi connectivity index (χ1v) is 13.6. The lowest BCUT2D eigenvalue weighted by Crippen LogP contribution is -2.70. The van der Waals surface area contributed by atoms with Gasteiger partial charge in [-0.25, -0.2) is 9.59 Å². The Hall–Kier alpha value is -4.02. The molecule has 1 N–H and O–H groups in total. The highest BCUT2D eigenvalue weighted by Gasteiger charge is 2.63. The zero-order chi connectivity index (χ0) is 27.6. The van der Waals surface area contributed by atoms with Gasteiger partial charge in [0.15, 0.2) is 5.41 Å². The minimum absolute atomic E-state index is 0.104. The van der Waals surface area contributed by atoms with Gasteiger partial charge < -0.3 is 4.90 Å². The summed E-state index contributed by atoms with van der Waals surface area (Å²) in [6, 6.07) is 3.54. The first kappa shape index (κ1) is 25.3. The van der Waals surface area contributed by atoms with Crippen molar-refractivity contribution in [3.8, 4) is 0 Å². The summed E-state index contributed by atoms with van der Waals surface area (Å²) < 4.78 is 0. The van der Waals surface area contributed by atoms with Crippen LogP contribution in [0.4, 0.5) is 15.3 Å². The number of hydrogen-bond donors (Lipinski definition) is 1. The summed E-state index contributed by atoms with van der Waals surface area (Å²) in [6.45, 7) is 0.668. The summed E-state index contributed by atoms with van der Waals surface area (Å²) in [7, 11) is 2.80. The molecule has 39 heavy (non-hydrogen) atoms. The van der Waals surface area contributed by atoms with E-state index in [0.29, 0.717) is 31.4 Å². The molecule has 11 heteroatoms. The van der Waals surface area contributed by atoms with Crippen LogP contribution in [0.5, 0.6) is 0 Å². The molecule has 11 nitrogen and oxygen atoms in total. The molecule has 6 rings (SSSR count). The van der Waals surface area contributed by atoms with E-state index in [0.717, 1.165) is 46.7 Å². The second-order valence-corrected chi connectivity index (χ2v) is 11.2. The Balaban J connectivity index is 1.38. The second-order valence-electron chi connectivity index (χ2n) is 11.2. The summed E-state index contributed by atoms with van der Waals surface area (Å²) in [4.78, 5) is 83.7. The summed E-state index contributed by atoms with van der Waals surface area (Å²) in [6.07, 6.45) is 7.36. The van der Waals surface area contributed by atoms with Crippen LogP contribution in [0, 0.1) is 5.41 Å². The highest BCUT2D eigenvalue weighted by molar-refractivity contribution is 6.31.